The Morgan fingerprint density at radius 3 is 2.68 bits per heavy atom. The van der Waals surface area contributed by atoms with Gasteiger partial charge in [0.25, 0.3) is 0 Å². The molecule has 1 aromatic rings. The van der Waals surface area contributed by atoms with Gasteiger partial charge in [0, 0.05) is 5.92 Å². The van der Waals surface area contributed by atoms with Crippen LogP contribution in [0.2, 0.25) is 0 Å². The number of primary sulfonamides is 1. The van der Waals surface area contributed by atoms with Crippen LogP contribution in [0.3, 0.4) is 0 Å². The first kappa shape index (κ1) is 15.9. The van der Waals surface area contributed by atoms with Crippen molar-refractivity contribution in [2.75, 3.05) is 12.4 Å². The zero-order valence-electron chi connectivity index (χ0n) is 11.2. The van der Waals surface area contributed by atoms with Gasteiger partial charge in [0.2, 0.25) is 10.0 Å². The molecule has 1 atom stereocenters. The molecular weight excluding hydrogens is 269 g/mol. The summed E-state index contributed by atoms with van der Waals surface area (Å²) in [6, 6.07) is 4.88. The third-order valence-corrected chi connectivity index (χ3v) is 3.73. The van der Waals surface area contributed by atoms with E-state index >= 15 is 0 Å². The van der Waals surface area contributed by atoms with Gasteiger partial charge in [-0.15, -0.1) is 0 Å². The van der Waals surface area contributed by atoms with Crippen LogP contribution in [0.1, 0.15) is 25.3 Å². The van der Waals surface area contributed by atoms with Gasteiger partial charge in [-0.1, -0.05) is 25.5 Å². The SMILES string of the molecule is CCCC(COc1cccc(C)c1F)CS(N)(=O)=O. The van der Waals surface area contributed by atoms with Crippen LogP contribution in [-0.2, 0) is 10.0 Å². The summed E-state index contributed by atoms with van der Waals surface area (Å²) in [4.78, 5) is 0. The minimum absolute atomic E-state index is 0.143. The zero-order chi connectivity index (χ0) is 14.5. The second-order valence-electron chi connectivity index (χ2n) is 4.68. The maximum atomic E-state index is 13.7. The summed E-state index contributed by atoms with van der Waals surface area (Å²) in [5, 5.41) is 5.03. The van der Waals surface area contributed by atoms with E-state index in [1.807, 2.05) is 6.92 Å². The lowest BCUT2D eigenvalue weighted by molar-refractivity contribution is 0.242. The minimum Gasteiger partial charge on any atom is -0.490 e. The smallest absolute Gasteiger partial charge is 0.209 e. The third kappa shape index (κ3) is 5.57. The Morgan fingerprint density at radius 2 is 2.11 bits per heavy atom. The molecule has 0 bridgehead atoms. The van der Waals surface area contributed by atoms with Crippen molar-refractivity contribution < 1.29 is 17.5 Å². The molecule has 0 heterocycles. The number of hydrogen-bond donors (Lipinski definition) is 1. The largest absolute Gasteiger partial charge is 0.490 e. The van der Waals surface area contributed by atoms with Gasteiger partial charge in [0.1, 0.15) is 0 Å². The number of hydrogen-bond acceptors (Lipinski definition) is 3. The average Bonchev–Trinajstić information content (AvgIpc) is 2.29. The molecule has 0 fully saturated rings. The van der Waals surface area contributed by atoms with Gasteiger partial charge in [0.05, 0.1) is 12.4 Å². The fourth-order valence-electron chi connectivity index (χ4n) is 1.89. The van der Waals surface area contributed by atoms with Gasteiger partial charge < -0.3 is 4.74 Å². The summed E-state index contributed by atoms with van der Waals surface area (Å²) >= 11 is 0. The van der Waals surface area contributed by atoms with Crippen molar-refractivity contribution in [2.24, 2.45) is 11.1 Å². The standard InChI is InChI=1S/C13H20FNO3S/c1-3-5-11(9-19(15,16)17)8-18-12-7-4-6-10(2)13(12)14/h4,6-7,11H,3,5,8-9H2,1-2H3,(H2,15,16,17). The number of benzene rings is 1. The fraction of sp³-hybridized carbons (Fsp3) is 0.538. The Bertz CT molecular complexity index is 517. The first-order valence-electron chi connectivity index (χ1n) is 6.22. The summed E-state index contributed by atoms with van der Waals surface area (Å²) in [6.45, 7) is 3.74. The number of halogens is 1. The second-order valence-corrected chi connectivity index (χ2v) is 6.34. The van der Waals surface area contributed by atoms with Crippen LogP contribution in [0.4, 0.5) is 4.39 Å². The van der Waals surface area contributed by atoms with E-state index in [2.05, 4.69) is 0 Å². The topological polar surface area (TPSA) is 69.4 Å². The van der Waals surface area contributed by atoms with Crippen LogP contribution in [0.25, 0.3) is 0 Å². The van der Waals surface area contributed by atoms with E-state index in [-0.39, 0.29) is 24.0 Å². The normalized spacial score (nSPS) is 13.3. The molecule has 2 N–H and O–H groups in total. The molecule has 0 saturated carbocycles. The van der Waals surface area contributed by atoms with E-state index in [9.17, 15) is 12.8 Å². The first-order chi connectivity index (χ1) is 8.83. The number of sulfonamides is 1. The van der Waals surface area contributed by atoms with Crippen molar-refractivity contribution in [3.05, 3.63) is 29.6 Å². The number of aryl methyl sites for hydroxylation is 1. The highest BCUT2D eigenvalue weighted by molar-refractivity contribution is 7.89. The van der Waals surface area contributed by atoms with E-state index in [0.717, 1.165) is 6.42 Å². The highest BCUT2D eigenvalue weighted by atomic mass is 32.2. The van der Waals surface area contributed by atoms with E-state index < -0.39 is 15.8 Å². The lowest BCUT2D eigenvalue weighted by Gasteiger charge is -2.16. The van der Waals surface area contributed by atoms with Crippen LogP contribution in [0, 0.1) is 18.7 Å². The molecule has 0 aromatic heterocycles. The molecule has 19 heavy (non-hydrogen) atoms. The molecule has 108 valence electrons. The first-order valence-corrected chi connectivity index (χ1v) is 7.93. The molecule has 1 aromatic carbocycles. The summed E-state index contributed by atoms with van der Waals surface area (Å²) in [7, 11) is -3.54. The van der Waals surface area contributed by atoms with Crippen LogP contribution >= 0.6 is 0 Å². The van der Waals surface area contributed by atoms with Crippen molar-refractivity contribution in [3.8, 4) is 5.75 Å². The predicted octanol–water partition coefficient (Wildman–Crippen LogP) is 2.22. The maximum absolute atomic E-state index is 13.7. The molecule has 1 rings (SSSR count). The quantitative estimate of drug-likeness (QED) is 0.836. The van der Waals surface area contributed by atoms with Crippen LogP contribution in [0.15, 0.2) is 18.2 Å². The molecule has 0 spiro atoms. The van der Waals surface area contributed by atoms with Gasteiger partial charge in [-0.3, -0.25) is 0 Å². The summed E-state index contributed by atoms with van der Waals surface area (Å²) < 4.78 is 41.3. The molecular formula is C13H20FNO3S. The Morgan fingerprint density at radius 1 is 1.42 bits per heavy atom. The van der Waals surface area contributed by atoms with E-state index in [0.29, 0.717) is 12.0 Å². The minimum atomic E-state index is -3.54. The van der Waals surface area contributed by atoms with Crippen LogP contribution in [0.5, 0.6) is 5.75 Å². The number of nitrogens with two attached hydrogens (primary N) is 1. The van der Waals surface area contributed by atoms with E-state index in [1.165, 1.54) is 6.07 Å². The van der Waals surface area contributed by atoms with Crippen molar-refractivity contribution in [3.63, 3.8) is 0 Å². The molecule has 0 radical (unpaired) electrons. The highest BCUT2D eigenvalue weighted by Crippen LogP contribution is 2.21. The van der Waals surface area contributed by atoms with E-state index in [4.69, 9.17) is 9.88 Å². The van der Waals surface area contributed by atoms with E-state index in [1.54, 1.807) is 19.1 Å². The fourth-order valence-corrected chi connectivity index (χ4v) is 2.81. The van der Waals surface area contributed by atoms with Crippen LogP contribution < -0.4 is 9.88 Å². The monoisotopic (exact) mass is 289 g/mol. The van der Waals surface area contributed by atoms with Gasteiger partial charge in [0.15, 0.2) is 11.6 Å². The summed E-state index contributed by atoms with van der Waals surface area (Å²) in [5.41, 5.74) is 0.496. The Hall–Kier alpha value is -1.14. The molecule has 4 nitrogen and oxygen atoms in total. The molecule has 0 saturated heterocycles. The van der Waals surface area contributed by atoms with Crippen LogP contribution in [-0.4, -0.2) is 20.8 Å². The molecule has 0 aliphatic carbocycles. The zero-order valence-corrected chi connectivity index (χ0v) is 12.0. The van der Waals surface area contributed by atoms with Gasteiger partial charge >= 0.3 is 0 Å². The number of rotatable bonds is 7. The van der Waals surface area contributed by atoms with Gasteiger partial charge in [-0.2, -0.15) is 0 Å². The summed E-state index contributed by atoms with van der Waals surface area (Å²) in [5.74, 6) is -0.627. The summed E-state index contributed by atoms with van der Waals surface area (Å²) in [6.07, 6.45) is 1.49. The van der Waals surface area contributed by atoms with Crippen molar-refractivity contribution in [1.29, 1.82) is 0 Å². The molecule has 6 heteroatoms. The predicted molar refractivity (Wildman–Crippen MR) is 73.0 cm³/mol. The highest BCUT2D eigenvalue weighted by Gasteiger charge is 2.17. The second kappa shape index (κ2) is 6.86. The molecule has 0 amide bonds. The average molecular weight is 289 g/mol. The molecule has 0 aliphatic heterocycles. The third-order valence-electron chi connectivity index (χ3n) is 2.80. The van der Waals surface area contributed by atoms with Crippen molar-refractivity contribution in [2.45, 2.75) is 26.7 Å². The Kier molecular flexibility index (Phi) is 5.75. The molecule has 0 aliphatic rings. The lowest BCUT2D eigenvalue weighted by Crippen LogP contribution is -2.27. The lowest BCUT2D eigenvalue weighted by atomic mass is 10.1. The van der Waals surface area contributed by atoms with Gasteiger partial charge in [-0.25, -0.2) is 17.9 Å². The van der Waals surface area contributed by atoms with Gasteiger partial charge in [-0.05, 0) is 25.0 Å². The van der Waals surface area contributed by atoms with Crippen molar-refractivity contribution >= 4 is 10.0 Å². The molecule has 1 unspecified atom stereocenters. The number of ether oxygens (including phenoxy) is 1. The Balaban J connectivity index is 2.68. The maximum Gasteiger partial charge on any atom is 0.209 e. The van der Waals surface area contributed by atoms with Crippen molar-refractivity contribution in [1.82, 2.24) is 0 Å². The Labute approximate surface area is 113 Å².